The van der Waals surface area contributed by atoms with Gasteiger partial charge in [-0.15, -0.1) is 0 Å². The van der Waals surface area contributed by atoms with Gasteiger partial charge in [0, 0.05) is 23.0 Å². The van der Waals surface area contributed by atoms with Gasteiger partial charge in [0.1, 0.15) is 16.6 Å². The number of aromatic nitrogens is 5. The highest BCUT2D eigenvalue weighted by Gasteiger charge is 2.21. The molecule has 0 saturated heterocycles. The largest absolute Gasteiger partial charge is 0.292 e. The van der Waals surface area contributed by atoms with Gasteiger partial charge in [-0.1, -0.05) is 78.9 Å². The Hall–Kier alpha value is -5.55. The van der Waals surface area contributed by atoms with E-state index in [0.29, 0.717) is 0 Å². The van der Waals surface area contributed by atoms with Gasteiger partial charge in [0.05, 0.1) is 11.0 Å². The lowest BCUT2D eigenvalue weighted by Crippen LogP contribution is -1.99. The summed E-state index contributed by atoms with van der Waals surface area (Å²) in [6, 6.07) is 42.5. The van der Waals surface area contributed by atoms with Gasteiger partial charge in [-0.2, -0.15) is 0 Å². The summed E-state index contributed by atoms with van der Waals surface area (Å²) < 4.78 is 4.43. The Kier molecular flexibility index (Phi) is 4.27. The normalized spacial score (nSPS) is 12.0. The second-order valence-electron chi connectivity index (χ2n) is 10.2. The summed E-state index contributed by atoms with van der Waals surface area (Å²) >= 11 is 0. The third-order valence-electron chi connectivity index (χ3n) is 7.92. The van der Waals surface area contributed by atoms with Gasteiger partial charge >= 0.3 is 0 Å². The van der Waals surface area contributed by atoms with Crippen molar-refractivity contribution in [1.29, 1.82) is 0 Å². The van der Waals surface area contributed by atoms with E-state index >= 15 is 0 Å². The van der Waals surface area contributed by atoms with Crippen LogP contribution in [0.4, 0.5) is 0 Å². The fraction of sp³-hybridized carbons (Fsp3) is 0. The van der Waals surface area contributed by atoms with Crippen molar-refractivity contribution in [3.63, 3.8) is 0 Å². The standard InChI is InChI=1S/C35H21N5/c1-3-10-24-20-26(17-15-22(24)8-1)39-29-13-6-5-12-28(29)31-34(39)38-35-33(37-31)32-30(14-7-19-36-32)40(35)27-18-16-23-9-2-4-11-25(23)21-27/h1-21H. The molecule has 0 unspecified atom stereocenters. The molecule has 0 fully saturated rings. The number of fused-ring (bicyclic) bond motifs is 8. The third-order valence-corrected chi connectivity index (χ3v) is 7.92. The first-order valence-corrected chi connectivity index (χ1v) is 13.4. The molecule has 0 saturated carbocycles. The molecule has 186 valence electrons. The van der Waals surface area contributed by atoms with Crippen LogP contribution in [0.2, 0.25) is 0 Å². The van der Waals surface area contributed by atoms with Crippen LogP contribution in [0, 0.1) is 0 Å². The number of pyridine rings is 1. The van der Waals surface area contributed by atoms with Crippen LogP contribution in [0.25, 0.3) is 77.2 Å². The van der Waals surface area contributed by atoms with Gasteiger partial charge in [0.2, 0.25) is 0 Å². The lowest BCUT2D eigenvalue weighted by Gasteiger charge is -2.10. The molecule has 0 spiro atoms. The van der Waals surface area contributed by atoms with Crippen molar-refractivity contribution in [2.45, 2.75) is 0 Å². The van der Waals surface area contributed by atoms with Gasteiger partial charge in [-0.25, -0.2) is 9.97 Å². The first kappa shape index (κ1) is 21.4. The van der Waals surface area contributed by atoms with Crippen LogP contribution in [-0.2, 0) is 0 Å². The molecule has 40 heavy (non-hydrogen) atoms. The number of hydrogen-bond donors (Lipinski definition) is 0. The van der Waals surface area contributed by atoms with E-state index in [-0.39, 0.29) is 0 Å². The van der Waals surface area contributed by atoms with E-state index in [1.165, 1.54) is 21.5 Å². The zero-order chi connectivity index (χ0) is 26.2. The number of nitrogens with zero attached hydrogens (tertiary/aromatic N) is 5. The van der Waals surface area contributed by atoms with E-state index in [2.05, 4.69) is 124 Å². The van der Waals surface area contributed by atoms with Gasteiger partial charge in [0.15, 0.2) is 11.3 Å². The van der Waals surface area contributed by atoms with Crippen molar-refractivity contribution < 1.29 is 0 Å². The second kappa shape index (κ2) is 7.98. The number of rotatable bonds is 2. The predicted molar refractivity (Wildman–Crippen MR) is 164 cm³/mol. The van der Waals surface area contributed by atoms with Gasteiger partial charge in [0.25, 0.3) is 0 Å². The monoisotopic (exact) mass is 511 g/mol. The van der Waals surface area contributed by atoms with Gasteiger partial charge in [-0.05, 0) is 64.0 Å². The highest BCUT2D eigenvalue weighted by molar-refractivity contribution is 6.12. The average Bonchev–Trinajstić information content (AvgIpc) is 3.51. The molecule has 0 N–H and O–H groups in total. The molecule has 5 nitrogen and oxygen atoms in total. The van der Waals surface area contributed by atoms with Crippen LogP contribution in [0.3, 0.4) is 0 Å². The molecule has 5 heteroatoms. The molecule has 9 rings (SSSR count). The summed E-state index contributed by atoms with van der Waals surface area (Å²) in [6.45, 7) is 0. The maximum atomic E-state index is 5.39. The van der Waals surface area contributed by atoms with Gasteiger partial charge < -0.3 is 0 Å². The molecule has 5 aromatic carbocycles. The van der Waals surface area contributed by atoms with Crippen LogP contribution in [0.15, 0.2) is 128 Å². The van der Waals surface area contributed by atoms with Crippen molar-refractivity contribution >= 4 is 65.8 Å². The predicted octanol–water partition coefficient (Wildman–Crippen LogP) is 8.37. The first-order chi connectivity index (χ1) is 19.8. The topological polar surface area (TPSA) is 48.5 Å². The maximum Gasteiger partial charge on any atom is 0.168 e. The number of hydrogen-bond acceptors (Lipinski definition) is 3. The number of para-hydroxylation sites is 1. The SMILES string of the molecule is c1ccc2cc(-n3c4ccccc4c4nc5c6ncccc6n(-c6ccc7ccccc7c6)c5nc43)ccc2c1. The van der Waals surface area contributed by atoms with Crippen molar-refractivity contribution in [1.82, 2.24) is 24.1 Å². The minimum atomic E-state index is 0.793. The Bertz CT molecular complexity index is 2280. The Balaban J connectivity index is 1.43. The van der Waals surface area contributed by atoms with Crippen LogP contribution in [0.5, 0.6) is 0 Å². The molecule has 4 aromatic heterocycles. The van der Waals surface area contributed by atoms with E-state index < -0.39 is 0 Å². The van der Waals surface area contributed by atoms with Crippen molar-refractivity contribution in [3.8, 4) is 11.4 Å². The highest BCUT2D eigenvalue weighted by Crippen LogP contribution is 2.36. The molecule has 0 atom stereocenters. The van der Waals surface area contributed by atoms with E-state index in [1.807, 2.05) is 12.3 Å². The molecule has 0 radical (unpaired) electrons. The Labute approximate surface area is 228 Å². The third kappa shape index (κ3) is 2.94. The maximum absolute atomic E-state index is 5.39. The summed E-state index contributed by atoms with van der Waals surface area (Å²) in [4.78, 5) is 15.4. The zero-order valence-corrected chi connectivity index (χ0v) is 21.4. The van der Waals surface area contributed by atoms with Crippen LogP contribution >= 0.6 is 0 Å². The molecule has 0 bridgehead atoms. The van der Waals surface area contributed by atoms with E-state index in [9.17, 15) is 0 Å². The molecule has 0 aliphatic rings. The van der Waals surface area contributed by atoms with Crippen LogP contribution < -0.4 is 0 Å². The summed E-state index contributed by atoms with van der Waals surface area (Å²) in [5, 5.41) is 5.85. The molecular formula is C35H21N5. The summed E-state index contributed by atoms with van der Waals surface area (Å²) in [5.74, 6) is 0. The second-order valence-corrected chi connectivity index (χ2v) is 10.2. The minimum Gasteiger partial charge on any atom is -0.292 e. The Morgan fingerprint density at radius 1 is 0.425 bits per heavy atom. The first-order valence-electron chi connectivity index (χ1n) is 13.4. The van der Waals surface area contributed by atoms with E-state index in [4.69, 9.17) is 15.0 Å². The van der Waals surface area contributed by atoms with Crippen molar-refractivity contribution in [2.24, 2.45) is 0 Å². The van der Waals surface area contributed by atoms with Crippen molar-refractivity contribution in [3.05, 3.63) is 128 Å². The average molecular weight is 512 g/mol. The van der Waals surface area contributed by atoms with Gasteiger partial charge in [-0.3, -0.25) is 14.1 Å². The fourth-order valence-electron chi connectivity index (χ4n) is 6.08. The van der Waals surface area contributed by atoms with Crippen LogP contribution in [0.1, 0.15) is 0 Å². The summed E-state index contributed by atoms with van der Waals surface area (Å²) in [5.41, 5.74) is 8.31. The smallest absolute Gasteiger partial charge is 0.168 e. The van der Waals surface area contributed by atoms with Crippen LogP contribution in [-0.4, -0.2) is 24.1 Å². The molecular weight excluding hydrogens is 490 g/mol. The molecule has 0 aliphatic heterocycles. The molecule has 0 aliphatic carbocycles. The molecule has 9 aromatic rings. The summed E-state index contributed by atoms with van der Waals surface area (Å²) in [6.07, 6.45) is 1.83. The Morgan fingerprint density at radius 2 is 1.00 bits per heavy atom. The Morgan fingerprint density at radius 3 is 1.73 bits per heavy atom. The zero-order valence-electron chi connectivity index (χ0n) is 21.4. The fourth-order valence-corrected chi connectivity index (χ4v) is 6.08. The quantitative estimate of drug-likeness (QED) is 0.234. The lowest BCUT2D eigenvalue weighted by molar-refractivity contribution is 1.10. The van der Waals surface area contributed by atoms with E-state index in [0.717, 1.165) is 55.6 Å². The van der Waals surface area contributed by atoms with Crippen molar-refractivity contribution in [2.75, 3.05) is 0 Å². The minimum absolute atomic E-state index is 0.793. The molecule has 4 heterocycles. The van der Waals surface area contributed by atoms with E-state index in [1.54, 1.807) is 0 Å². The summed E-state index contributed by atoms with van der Waals surface area (Å²) in [7, 11) is 0. The molecule has 0 amide bonds. The lowest BCUT2D eigenvalue weighted by atomic mass is 10.1. The highest BCUT2D eigenvalue weighted by atomic mass is 15.1. The number of benzene rings is 5.